The quantitative estimate of drug-likeness (QED) is 0.823. The Balaban J connectivity index is 2.24. The lowest BCUT2D eigenvalue weighted by Crippen LogP contribution is -2.29. The third-order valence-electron chi connectivity index (χ3n) is 2.73. The second kappa shape index (κ2) is 5.96. The Labute approximate surface area is 107 Å². The van der Waals surface area contributed by atoms with E-state index in [1.165, 1.54) is 0 Å². The number of amides is 1. The Morgan fingerprint density at radius 2 is 1.94 bits per heavy atom. The maximum absolute atomic E-state index is 12.0. The van der Waals surface area contributed by atoms with Crippen LogP contribution >= 0.6 is 0 Å². The van der Waals surface area contributed by atoms with E-state index < -0.39 is 0 Å². The lowest BCUT2D eigenvalue weighted by molar-refractivity contribution is -0.118. The molecule has 2 rings (SSSR count). The number of para-hydroxylation sites is 1. The topological polar surface area (TPSA) is 33.2 Å². The molecule has 0 fully saturated rings. The van der Waals surface area contributed by atoms with Gasteiger partial charge >= 0.3 is 0 Å². The normalized spacial score (nSPS) is 10.1. The summed E-state index contributed by atoms with van der Waals surface area (Å²) in [5.74, 6) is 0.116. The van der Waals surface area contributed by atoms with Crippen molar-refractivity contribution in [2.24, 2.45) is 0 Å². The minimum Gasteiger partial charge on any atom is -0.308 e. The fourth-order valence-electron chi connectivity index (χ4n) is 1.80. The van der Waals surface area contributed by atoms with E-state index in [1.807, 2.05) is 49.4 Å². The minimum absolute atomic E-state index is 0.116. The highest BCUT2D eigenvalue weighted by Crippen LogP contribution is 2.17. The molecule has 1 heterocycles. The second-order valence-corrected chi connectivity index (χ2v) is 4.03. The van der Waals surface area contributed by atoms with Gasteiger partial charge in [-0.05, 0) is 23.8 Å². The Hall–Kier alpha value is -2.16. The molecule has 1 aromatic heterocycles. The molecule has 1 amide bonds. The number of carbonyl (C=O) groups is 1. The zero-order valence-electron chi connectivity index (χ0n) is 10.4. The first-order valence-electron chi connectivity index (χ1n) is 6.05. The number of pyridine rings is 1. The Kier molecular flexibility index (Phi) is 4.07. The van der Waals surface area contributed by atoms with E-state index in [2.05, 4.69) is 4.98 Å². The van der Waals surface area contributed by atoms with Crippen LogP contribution in [0.2, 0.25) is 0 Å². The first kappa shape index (κ1) is 12.3. The van der Waals surface area contributed by atoms with Gasteiger partial charge < -0.3 is 4.90 Å². The Bertz CT molecular complexity index is 496. The van der Waals surface area contributed by atoms with Gasteiger partial charge in [-0.25, -0.2) is 0 Å². The summed E-state index contributed by atoms with van der Waals surface area (Å²) in [5, 5.41) is 0. The molecule has 0 spiro atoms. The monoisotopic (exact) mass is 240 g/mol. The van der Waals surface area contributed by atoms with Gasteiger partial charge in [-0.3, -0.25) is 9.78 Å². The maximum Gasteiger partial charge on any atom is 0.227 e. The number of anilines is 1. The first-order chi connectivity index (χ1) is 8.81. The van der Waals surface area contributed by atoms with E-state index >= 15 is 0 Å². The van der Waals surface area contributed by atoms with Crippen molar-refractivity contribution >= 4 is 11.6 Å². The summed E-state index contributed by atoms with van der Waals surface area (Å²) in [6.45, 7) is 2.44. The predicted molar refractivity (Wildman–Crippen MR) is 72.2 cm³/mol. The van der Waals surface area contributed by atoms with Crippen LogP contribution in [0.1, 0.15) is 18.9 Å². The Morgan fingerprint density at radius 3 is 2.56 bits per heavy atom. The summed E-state index contributed by atoms with van der Waals surface area (Å²) >= 11 is 0. The van der Waals surface area contributed by atoms with Gasteiger partial charge in [-0.2, -0.15) is 0 Å². The first-order valence-corrected chi connectivity index (χ1v) is 6.05. The summed E-state index contributed by atoms with van der Waals surface area (Å²) in [6.07, 6.45) is 4.02. The molecule has 92 valence electrons. The van der Waals surface area contributed by atoms with Crippen LogP contribution in [0.25, 0.3) is 0 Å². The number of hydrogen-bond acceptors (Lipinski definition) is 2. The van der Waals surface area contributed by atoms with Crippen molar-refractivity contribution in [1.82, 2.24) is 4.98 Å². The van der Waals surface area contributed by atoms with Crippen molar-refractivity contribution in [3.63, 3.8) is 0 Å². The zero-order valence-corrected chi connectivity index (χ0v) is 10.4. The number of hydrogen-bond donors (Lipinski definition) is 0. The fourth-order valence-corrected chi connectivity index (χ4v) is 1.80. The fraction of sp³-hybridized carbons (Fsp3) is 0.200. The average molecular weight is 240 g/mol. The van der Waals surface area contributed by atoms with Crippen molar-refractivity contribution in [3.8, 4) is 0 Å². The van der Waals surface area contributed by atoms with Gasteiger partial charge in [0.2, 0.25) is 5.91 Å². The van der Waals surface area contributed by atoms with E-state index in [-0.39, 0.29) is 5.91 Å². The van der Waals surface area contributed by atoms with Crippen LogP contribution in [-0.4, -0.2) is 10.9 Å². The summed E-state index contributed by atoms with van der Waals surface area (Å²) in [6, 6.07) is 13.6. The highest BCUT2D eigenvalue weighted by Gasteiger charge is 2.13. The molecule has 0 saturated heterocycles. The van der Waals surface area contributed by atoms with Crippen LogP contribution in [0.5, 0.6) is 0 Å². The lowest BCUT2D eigenvalue weighted by Gasteiger charge is -2.22. The van der Waals surface area contributed by atoms with Crippen LogP contribution in [0.15, 0.2) is 54.9 Å². The zero-order chi connectivity index (χ0) is 12.8. The van der Waals surface area contributed by atoms with E-state index in [1.54, 1.807) is 17.3 Å². The van der Waals surface area contributed by atoms with Crippen molar-refractivity contribution < 1.29 is 4.79 Å². The van der Waals surface area contributed by atoms with E-state index in [4.69, 9.17) is 0 Å². The largest absolute Gasteiger partial charge is 0.308 e. The number of nitrogens with zero attached hydrogens (tertiary/aromatic N) is 2. The summed E-state index contributed by atoms with van der Waals surface area (Å²) in [4.78, 5) is 17.9. The van der Waals surface area contributed by atoms with E-state index in [0.29, 0.717) is 13.0 Å². The molecule has 1 aromatic carbocycles. The highest BCUT2D eigenvalue weighted by molar-refractivity contribution is 5.92. The van der Waals surface area contributed by atoms with Gasteiger partial charge in [0.1, 0.15) is 0 Å². The highest BCUT2D eigenvalue weighted by atomic mass is 16.2. The summed E-state index contributed by atoms with van der Waals surface area (Å²) < 4.78 is 0. The molecule has 0 bridgehead atoms. The summed E-state index contributed by atoms with van der Waals surface area (Å²) in [7, 11) is 0. The van der Waals surface area contributed by atoms with Crippen LogP contribution in [0, 0.1) is 0 Å². The van der Waals surface area contributed by atoms with Crippen LogP contribution < -0.4 is 4.90 Å². The molecule has 3 nitrogen and oxygen atoms in total. The van der Waals surface area contributed by atoms with E-state index in [9.17, 15) is 4.79 Å². The van der Waals surface area contributed by atoms with Crippen molar-refractivity contribution in [3.05, 3.63) is 60.4 Å². The van der Waals surface area contributed by atoms with Gasteiger partial charge in [0.25, 0.3) is 0 Å². The molecule has 3 heteroatoms. The minimum atomic E-state index is 0.116. The molecular formula is C15H16N2O. The smallest absolute Gasteiger partial charge is 0.227 e. The van der Waals surface area contributed by atoms with Crippen LogP contribution in [-0.2, 0) is 11.3 Å². The van der Waals surface area contributed by atoms with Crippen molar-refractivity contribution in [2.45, 2.75) is 19.9 Å². The third-order valence-corrected chi connectivity index (χ3v) is 2.73. The molecule has 0 N–H and O–H groups in total. The summed E-state index contributed by atoms with van der Waals surface area (Å²) in [5.41, 5.74) is 1.95. The molecule has 0 atom stereocenters. The SMILES string of the molecule is CCC(=O)N(Cc1cccnc1)c1ccccc1. The molecular weight excluding hydrogens is 224 g/mol. The number of benzene rings is 1. The lowest BCUT2D eigenvalue weighted by atomic mass is 10.2. The van der Waals surface area contributed by atoms with Gasteiger partial charge in [0, 0.05) is 24.5 Å². The third kappa shape index (κ3) is 2.94. The maximum atomic E-state index is 12.0. The predicted octanol–water partition coefficient (Wildman–Crippen LogP) is 3.02. The standard InChI is InChI=1S/C15H16N2O/c1-2-15(18)17(14-8-4-3-5-9-14)12-13-7-6-10-16-11-13/h3-11H,2,12H2,1H3. The average Bonchev–Trinajstić information content (AvgIpc) is 2.46. The molecule has 0 aliphatic carbocycles. The number of aromatic nitrogens is 1. The van der Waals surface area contributed by atoms with Crippen LogP contribution in [0.3, 0.4) is 0 Å². The molecule has 0 saturated carbocycles. The van der Waals surface area contributed by atoms with Gasteiger partial charge in [-0.15, -0.1) is 0 Å². The number of carbonyl (C=O) groups excluding carboxylic acids is 1. The number of rotatable bonds is 4. The van der Waals surface area contributed by atoms with Crippen molar-refractivity contribution in [1.29, 1.82) is 0 Å². The molecule has 0 unspecified atom stereocenters. The van der Waals surface area contributed by atoms with Crippen molar-refractivity contribution in [2.75, 3.05) is 4.90 Å². The molecule has 2 aromatic rings. The van der Waals surface area contributed by atoms with Gasteiger partial charge in [-0.1, -0.05) is 31.2 Å². The van der Waals surface area contributed by atoms with Crippen LogP contribution in [0.4, 0.5) is 5.69 Å². The molecule has 0 aliphatic rings. The second-order valence-electron chi connectivity index (χ2n) is 4.03. The molecule has 0 aliphatic heterocycles. The molecule has 18 heavy (non-hydrogen) atoms. The van der Waals surface area contributed by atoms with Gasteiger partial charge in [0.05, 0.1) is 6.54 Å². The Morgan fingerprint density at radius 1 is 1.17 bits per heavy atom. The molecule has 0 radical (unpaired) electrons. The van der Waals surface area contributed by atoms with E-state index in [0.717, 1.165) is 11.3 Å². The van der Waals surface area contributed by atoms with Gasteiger partial charge in [0.15, 0.2) is 0 Å².